The number of ketones is 1. The molecule has 0 atom stereocenters. The van der Waals surface area contributed by atoms with Crippen LogP contribution in [0.5, 0.6) is 0 Å². The smallest absolute Gasteiger partial charge is 0.242 e. The van der Waals surface area contributed by atoms with Gasteiger partial charge in [-0.15, -0.1) is 0 Å². The van der Waals surface area contributed by atoms with Crippen molar-refractivity contribution in [3.05, 3.63) is 65.7 Å². The highest BCUT2D eigenvalue weighted by atomic mass is 32.2. The summed E-state index contributed by atoms with van der Waals surface area (Å²) in [4.78, 5) is 12.3. The highest BCUT2D eigenvalue weighted by Crippen LogP contribution is 2.14. The zero-order chi connectivity index (χ0) is 16.2. The standard InChI is InChI=1S/C17H19NO3S/c1-14-8-10-15(11-9-14)17(19)12-13-18(2)22(20,21)16-6-4-3-5-7-16/h3-11H,12-13H2,1-2H3. The predicted molar refractivity (Wildman–Crippen MR) is 86.4 cm³/mol. The Bertz CT molecular complexity index is 737. The summed E-state index contributed by atoms with van der Waals surface area (Å²) in [6.07, 6.45) is 0.158. The fourth-order valence-corrected chi connectivity index (χ4v) is 3.23. The van der Waals surface area contributed by atoms with Crippen molar-refractivity contribution in [1.82, 2.24) is 4.31 Å². The van der Waals surface area contributed by atoms with Crippen LogP contribution in [0.4, 0.5) is 0 Å². The van der Waals surface area contributed by atoms with Gasteiger partial charge in [0.1, 0.15) is 0 Å². The number of aryl methyl sites for hydroxylation is 1. The molecule has 0 aliphatic carbocycles. The van der Waals surface area contributed by atoms with Crippen LogP contribution in [0, 0.1) is 6.92 Å². The fourth-order valence-electron chi connectivity index (χ4n) is 2.04. The molecule has 0 saturated heterocycles. The third-order valence-electron chi connectivity index (χ3n) is 3.48. The van der Waals surface area contributed by atoms with E-state index in [1.165, 1.54) is 11.4 Å². The van der Waals surface area contributed by atoms with E-state index in [0.29, 0.717) is 5.56 Å². The van der Waals surface area contributed by atoms with Crippen molar-refractivity contribution in [2.75, 3.05) is 13.6 Å². The maximum absolute atomic E-state index is 12.3. The molecule has 0 spiro atoms. The largest absolute Gasteiger partial charge is 0.294 e. The summed E-state index contributed by atoms with van der Waals surface area (Å²) >= 11 is 0. The molecule has 116 valence electrons. The van der Waals surface area contributed by atoms with Gasteiger partial charge in [-0.05, 0) is 19.1 Å². The number of rotatable bonds is 6. The summed E-state index contributed by atoms with van der Waals surface area (Å²) in [6, 6.07) is 15.5. The van der Waals surface area contributed by atoms with Gasteiger partial charge in [0.25, 0.3) is 0 Å². The minimum absolute atomic E-state index is 0.0601. The second kappa shape index (κ2) is 6.85. The third-order valence-corrected chi connectivity index (χ3v) is 5.35. The predicted octanol–water partition coefficient (Wildman–Crippen LogP) is 2.89. The summed E-state index contributed by atoms with van der Waals surface area (Å²) in [6.45, 7) is 2.11. The molecule has 4 nitrogen and oxygen atoms in total. The number of nitrogens with zero attached hydrogens (tertiary/aromatic N) is 1. The zero-order valence-corrected chi connectivity index (χ0v) is 13.5. The SMILES string of the molecule is Cc1ccc(C(=O)CCN(C)S(=O)(=O)c2ccccc2)cc1. The van der Waals surface area contributed by atoms with Crippen LogP contribution < -0.4 is 0 Å². The topological polar surface area (TPSA) is 54.5 Å². The van der Waals surface area contributed by atoms with Gasteiger partial charge >= 0.3 is 0 Å². The van der Waals surface area contributed by atoms with E-state index in [0.717, 1.165) is 5.56 Å². The second-order valence-electron chi connectivity index (χ2n) is 5.18. The molecule has 0 saturated carbocycles. The first-order chi connectivity index (χ1) is 10.4. The molecule has 2 aromatic carbocycles. The molecule has 0 aliphatic rings. The van der Waals surface area contributed by atoms with Crippen LogP contribution in [0.2, 0.25) is 0 Å². The van der Waals surface area contributed by atoms with E-state index >= 15 is 0 Å². The fraction of sp³-hybridized carbons (Fsp3) is 0.235. The van der Waals surface area contributed by atoms with Crippen LogP contribution in [0.3, 0.4) is 0 Å². The lowest BCUT2D eigenvalue weighted by Crippen LogP contribution is -2.29. The molecule has 22 heavy (non-hydrogen) atoms. The van der Waals surface area contributed by atoms with Crippen molar-refractivity contribution >= 4 is 15.8 Å². The minimum atomic E-state index is -3.54. The number of Topliss-reactive ketones (excluding diaryl/α,β-unsaturated/α-hetero) is 1. The lowest BCUT2D eigenvalue weighted by Gasteiger charge is -2.16. The average Bonchev–Trinajstić information content (AvgIpc) is 2.53. The summed E-state index contributed by atoms with van der Waals surface area (Å²) in [7, 11) is -2.05. The van der Waals surface area contributed by atoms with Gasteiger partial charge in [0, 0.05) is 25.6 Å². The van der Waals surface area contributed by atoms with Gasteiger partial charge in [0.05, 0.1) is 4.90 Å². The van der Waals surface area contributed by atoms with Crippen molar-refractivity contribution in [3.8, 4) is 0 Å². The molecule has 0 aliphatic heterocycles. The van der Waals surface area contributed by atoms with E-state index < -0.39 is 10.0 Å². The van der Waals surface area contributed by atoms with E-state index in [9.17, 15) is 13.2 Å². The van der Waals surface area contributed by atoms with Crippen molar-refractivity contribution in [2.45, 2.75) is 18.2 Å². The molecule has 0 radical (unpaired) electrons. The van der Waals surface area contributed by atoms with E-state index in [1.807, 2.05) is 19.1 Å². The lowest BCUT2D eigenvalue weighted by molar-refractivity contribution is 0.0978. The second-order valence-corrected chi connectivity index (χ2v) is 7.22. The molecule has 0 amide bonds. The highest BCUT2D eigenvalue weighted by molar-refractivity contribution is 7.89. The average molecular weight is 317 g/mol. The molecule has 5 heteroatoms. The normalized spacial score (nSPS) is 11.6. The quantitative estimate of drug-likeness (QED) is 0.770. The van der Waals surface area contributed by atoms with E-state index in [2.05, 4.69) is 0 Å². The van der Waals surface area contributed by atoms with Crippen LogP contribution in [0.15, 0.2) is 59.5 Å². The first kappa shape index (κ1) is 16.4. The highest BCUT2D eigenvalue weighted by Gasteiger charge is 2.21. The zero-order valence-electron chi connectivity index (χ0n) is 12.7. The Morgan fingerprint density at radius 1 is 1.00 bits per heavy atom. The monoisotopic (exact) mass is 317 g/mol. The van der Waals surface area contributed by atoms with Gasteiger partial charge in [-0.1, -0.05) is 48.0 Å². The van der Waals surface area contributed by atoms with Gasteiger partial charge < -0.3 is 0 Å². The Morgan fingerprint density at radius 3 is 2.18 bits per heavy atom. The van der Waals surface area contributed by atoms with Crippen LogP contribution >= 0.6 is 0 Å². The molecular weight excluding hydrogens is 298 g/mol. The Morgan fingerprint density at radius 2 is 1.59 bits per heavy atom. The molecule has 0 aromatic heterocycles. The van der Waals surface area contributed by atoms with Gasteiger partial charge in [0.2, 0.25) is 10.0 Å². The molecule has 0 heterocycles. The maximum Gasteiger partial charge on any atom is 0.242 e. The van der Waals surface area contributed by atoms with Crippen LogP contribution in [-0.4, -0.2) is 32.1 Å². The van der Waals surface area contributed by atoms with E-state index in [1.54, 1.807) is 42.5 Å². The first-order valence-electron chi connectivity index (χ1n) is 7.02. The number of hydrogen-bond donors (Lipinski definition) is 0. The Labute approximate surface area is 131 Å². The molecular formula is C17H19NO3S. The first-order valence-corrected chi connectivity index (χ1v) is 8.46. The number of carbonyl (C=O) groups is 1. The Balaban J connectivity index is 2.02. The number of sulfonamides is 1. The molecule has 0 N–H and O–H groups in total. The Hall–Kier alpha value is -1.98. The van der Waals surface area contributed by atoms with Crippen molar-refractivity contribution < 1.29 is 13.2 Å². The maximum atomic E-state index is 12.3. The van der Waals surface area contributed by atoms with E-state index in [-0.39, 0.29) is 23.6 Å². The van der Waals surface area contributed by atoms with Crippen molar-refractivity contribution in [2.24, 2.45) is 0 Å². The summed E-state index contributed by atoms with van der Waals surface area (Å²) in [5.74, 6) is -0.0601. The molecule has 2 aromatic rings. The summed E-state index contributed by atoms with van der Waals surface area (Å²) < 4.78 is 25.9. The Kier molecular flexibility index (Phi) is 5.11. The van der Waals surface area contributed by atoms with Crippen LogP contribution in [0.25, 0.3) is 0 Å². The van der Waals surface area contributed by atoms with Crippen LogP contribution in [0.1, 0.15) is 22.3 Å². The van der Waals surface area contributed by atoms with Crippen molar-refractivity contribution in [3.63, 3.8) is 0 Å². The lowest BCUT2D eigenvalue weighted by atomic mass is 10.1. The van der Waals surface area contributed by atoms with E-state index in [4.69, 9.17) is 0 Å². The van der Waals surface area contributed by atoms with Gasteiger partial charge in [-0.25, -0.2) is 12.7 Å². The molecule has 0 fully saturated rings. The summed E-state index contributed by atoms with van der Waals surface area (Å²) in [5.41, 5.74) is 1.69. The number of hydrogen-bond acceptors (Lipinski definition) is 3. The van der Waals surface area contributed by atoms with Gasteiger partial charge in [-0.2, -0.15) is 0 Å². The summed E-state index contributed by atoms with van der Waals surface area (Å²) in [5, 5.41) is 0. The van der Waals surface area contributed by atoms with Gasteiger partial charge in [-0.3, -0.25) is 4.79 Å². The molecule has 2 rings (SSSR count). The van der Waals surface area contributed by atoms with Gasteiger partial charge in [0.15, 0.2) is 5.78 Å². The molecule has 0 unspecified atom stereocenters. The molecule has 0 bridgehead atoms. The number of carbonyl (C=O) groups excluding carboxylic acids is 1. The minimum Gasteiger partial charge on any atom is -0.294 e. The number of benzene rings is 2. The van der Waals surface area contributed by atoms with Crippen LogP contribution in [-0.2, 0) is 10.0 Å². The third kappa shape index (κ3) is 3.81. The van der Waals surface area contributed by atoms with Crippen molar-refractivity contribution in [1.29, 1.82) is 0 Å².